The minimum atomic E-state index is -0.587. The number of fused-ring (bicyclic) bond motifs is 1. The van der Waals surface area contributed by atoms with Crippen molar-refractivity contribution in [3.05, 3.63) is 64.0 Å². The summed E-state index contributed by atoms with van der Waals surface area (Å²) < 4.78 is 11.3. The van der Waals surface area contributed by atoms with Crippen molar-refractivity contribution in [2.45, 2.75) is 65.2 Å². The summed E-state index contributed by atoms with van der Waals surface area (Å²) in [6.07, 6.45) is 5.21. The number of phenolic OH excluding ortho intramolecular Hbond substituents is 1. The molecule has 0 fully saturated rings. The number of nitrogens with zero attached hydrogens (tertiary/aromatic N) is 2. The van der Waals surface area contributed by atoms with Crippen LogP contribution in [0.25, 0.3) is 33.9 Å². The van der Waals surface area contributed by atoms with Crippen molar-refractivity contribution >= 4 is 11.0 Å². The lowest BCUT2D eigenvalue weighted by Crippen LogP contribution is -2.10. The molecule has 0 aliphatic rings. The van der Waals surface area contributed by atoms with Crippen molar-refractivity contribution in [1.82, 2.24) is 10.2 Å². The van der Waals surface area contributed by atoms with Gasteiger partial charge in [-0.15, -0.1) is 10.2 Å². The van der Waals surface area contributed by atoms with Crippen LogP contribution in [-0.4, -0.2) is 15.3 Å². The summed E-state index contributed by atoms with van der Waals surface area (Å²) in [6, 6.07) is 13.0. The Kier molecular flexibility index (Phi) is 6.36. The van der Waals surface area contributed by atoms with E-state index in [9.17, 15) is 9.90 Å². The third kappa shape index (κ3) is 5.00. The molecule has 0 saturated heterocycles. The van der Waals surface area contributed by atoms with Crippen LogP contribution in [0, 0.1) is 0 Å². The van der Waals surface area contributed by atoms with Gasteiger partial charge in [0.05, 0.1) is 0 Å². The fourth-order valence-corrected chi connectivity index (χ4v) is 3.86. The fraction of sp³-hybridized carbons (Fsp3) is 0.370. The number of unbranched alkanes of at least 4 members (excludes halogenated alkanes) is 3. The molecule has 0 saturated carbocycles. The Bertz CT molecular complexity index is 1310. The first-order valence-electron chi connectivity index (χ1n) is 11.5. The van der Waals surface area contributed by atoms with E-state index >= 15 is 0 Å². The number of aryl methyl sites for hydroxylation is 1. The molecule has 6 nitrogen and oxygen atoms in total. The molecular formula is C27H30N2O4. The van der Waals surface area contributed by atoms with Gasteiger partial charge in [-0.2, -0.15) is 0 Å². The highest BCUT2D eigenvalue weighted by Gasteiger charge is 2.18. The van der Waals surface area contributed by atoms with Crippen molar-refractivity contribution in [3.63, 3.8) is 0 Å². The molecular weight excluding hydrogens is 416 g/mol. The van der Waals surface area contributed by atoms with Gasteiger partial charge in [0.2, 0.25) is 5.89 Å². The first-order valence-corrected chi connectivity index (χ1v) is 11.5. The quantitative estimate of drug-likeness (QED) is 0.253. The summed E-state index contributed by atoms with van der Waals surface area (Å²) in [7, 11) is 0. The lowest BCUT2D eigenvalue weighted by atomic mass is 9.87. The molecule has 0 aliphatic heterocycles. The van der Waals surface area contributed by atoms with Gasteiger partial charge < -0.3 is 13.9 Å². The number of rotatable bonds is 7. The molecule has 0 unspecified atom stereocenters. The highest BCUT2D eigenvalue weighted by atomic mass is 16.4. The van der Waals surface area contributed by atoms with E-state index in [4.69, 9.17) is 8.83 Å². The maximum absolute atomic E-state index is 12.6. The van der Waals surface area contributed by atoms with Gasteiger partial charge in [-0.25, -0.2) is 4.79 Å². The minimum Gasteiger partial charge on any atom is -0.508 e. The van der Waals surface area contributed by atoms with E-state index in [0.717, 1.165) is 36.8 Å². The first-order chi connectivity index (χ1) is 15.8. The molecule has 172 valence electrons. The third-order valence-corrected chi connectivity index (χ3v) is 5.89. The summed E-state index contributed by atoms with van der Waals surface area (Å²) in [5.41, 5.74) is 2.82. The summed E-state index contributed by atoms with van der Waals surface area (Å²) in [6.45, 7) is 8.63. The summed E-state index contributed by atoms with van der Waals surface area (Å²) in [5.74, 6) is 0.596. The molecule has 0 atom stereocenters. The fourth-order valence-electron chi connectivity index (χ4n) is 3.86. The van der Waals surface area contributed by atoms with Crippen molar-refractivity contribution in [2.75, 3.05) is 0 Å². The Labute approximate surface area is 193 Å². The van der Waals surface area contributed by atoms with Crippen molar-refractivity contribution in [1.29, 1.82) is 0 Å². The minimum absolute atomic E-state index is 0.0475. The molecule has 33 heavy (non-hydrogen) atoms. The molecule has 1 N–H and O–H groups in total. The molecule has 2 aromatic carbocycles. The second kappa shape index (κ2) is 9.22. The van der Waals surface area contributed by atoms with Crippen LogP contribution in [0.2, 0.25) is 0 Å². The largest absolute Gasteiger partial charge is 0.508 e. The predicted molar refractivity (Wildman–Crippen MR) is 129 cm³/mol. The van der Waals surface area contributed by atoms with Crippen molar-refractivity contribution < 1.29 is 13.9 Å². The number of aromatic nitrogens is 2. The lowest BCUT2D eigenvalue weighted by molar-refractivity contribution is 0.464. The van der Waals surface area contributed by atoms with E-state index in [0.29, 0.717) is 16.9 Å². The van der Waals surface area contributed by atoms with Crippen molar-refractivity contribution in [3.8, 4) is 28.7 Å². The summed E-state index contributed by atoms with van der Waals surface area (Å²) >= 11 is 0. The molecule has 4 aromatic rings. The van der Waals surface area contributed by atoms with Crippen molar-refractivity contribution in [2.24, 2.45) is 0 Å². The van der Waals surface area contributed by atoms with Gasteiger partial charge in [0.25, 0.3) is 5.89 Å². The first kappa shape index (κ1) is 22.8. The number of hydrogen-bond acceptors (Lipinski definition) is 6. The Balaban J connectivity index is 1.64. The van der Waals surface area contributed by atoms with E-state index in [-0.39, 0.29) is 22.6 Å². The number of benzene rings is 2. The van der Waals surface area contributed by atoms with Crippen LogP contribution in [0.1, 0.15) is 64.5 Å². The van der Waals surface area contributed by atoms with Crippen LogP contribution in [0.5, 0.6) is 5.75 Å². The van der Waals surface area contributed by atoms with Gasteiger partial charge in [-0.3, -0.25) is 0 Å². The third-order valence-electron chi connectivity index (χ3n) is 5.89. The predicted octanol–water partition coefficient (Wildman–Crippen LogP) is 6.64. The van der Waals surface area contributed by atoms with E-state index < -0.39 is 5.63 Å². The van der Waals surface area contributed by atoms with E-state index in [1.54, 1.807) is 6.07 Å². The van der Waals surface area contributed by atoms with Crippen LogP contribution >= 0.6 is 0 Å². The van der Waals surface area contributed by atoms with Gasteiger partial charge in [0, 0.05) is 17.0 Å². The van der Waals surface area contributed by atoms with Gasteiger partial charge >= 0.3 is 5.63 Å². The molecule has 0 aliphatic carbocycles. The Hall–Kier alpha value is -3.41. The van der Waals surface area contributed by atoms with Gasteiger partial charge in [-0.05, 0) is 53.6 Å². The Morgan fingerprint density at radius 1 is 0.909 bits per heavy atom. The SMILES string of the molecule is CCCCCCc1cc2cc(-c3nnc(-c4ccc(C(C)(C)C)cc4)o3)c(=O)oc2cc1O. The maximum Gasteiger partial charge on any atom is 0.349 e. The molecule has 0 amide bonds. The molecule has 0 bridgehead atoms. The Morgan fingerprint density at radius 2 is 1.64 bits per heavy atom. The van der Waals surface area contributed by atoms with Gasteiger partial charge in [0.1, 0.15) is 16.9 Å². The molecule has 4 rings (SSSR count). The highest BCUT2D eigenvalue weighted by Crippen LogP contribution is 2.30. The standard InChI is InChI=1S/C27H30N2O4/c1-5-6-7-8-9-18-14-19-15-21(26(31)32-23(19)16-22(18)30)25-29-28-24(33-25)17-10-12-20(13-11-17)27(2,3)4/h10-16,30H,5-9H2,1-4H3. The van der Waals surface area contributed by atoms with E-state index in [1.165, 1.54) is 18.1 Å². The number of phenols is 1. The molecule has 0 spiro atoms. The normalized spacial score (nSPS) is 11.9. The van der Waals surface area contributed by atoms with Crippen LogP contribution in [-0.2, 0) is 11.8 Å². The maximum atomic E-state index is 12.6. The van der Waals surface area contributed by atoms with Crippen LogP contribution in [0.3, 0.4) is 0 Å². The van der Waals surface area contributed by atoms with Crippen LogP contribution < -0.4 is 5.63 Å². The van der Waals surface area contributed by atoms with E-state index in [2.05, 4.69) is 37.9 Å². The second-order valence-electron chi connectivity index (χ2n) is 9.52. The molecule has 0 radical (unpaired) electrons. The number of aromatic hydroxyl groups is 1. The van der Waals surface area contributed by atoms with Crippen LogP contribution in [0.4, 0.5) is 0 Å². The van der Waals surface area contributed by atoms with E-state index in [1.807, 2.05) is 30.3 Å². The Morgan fingerprint density at radius 3 is 2.33 bits per heavy atom. The van der Waals surface area contributed by atoms with Gasteiger partial charge in [-0.1, -0.05) is 59.1 Å². The number of hydrogen-bond donors (Lipinski definition) is 1. The lowest BCUT2D eigenvalue weighted by Gasteiger charge is -2.18. The second-order valence-corrected chi connectivity index (χ2v) is 9.52. The monoisotopic (exact) mass is 446 g/mol. The zero-order valence-corrected chi connectivity index (χ0v) is 19.6. The summed E-state index contributed by atoms with van der Waals surface area (Å²) in [5, 5.41) is 19.3. The molecule has 6 heteroatoms. The topological polar surface area (TPSA) is 89.4 Å². The molecule has 2 heterocycles. The average Bonchev–Trinajstić information content (AvgIpc) is 3.26. The zero-order valence-electron chi connectivity index (χ0n) is 19.6. The summed E-state index contributed by atoms with van der Waals surface area (Å²) in [4.78, 5) is 12.6. The molecule has 2 aromatic heterocycles. The van der Waals surface area contributed by atoms with Crippen LogP contribution in [0.15, 0.2) is 56.1 Å². The zero-order chi connectivity index (χ0) is 23.6. The average molecular weight is 447 g/mol. The van der Waals surface area contributed by atoms with Gasteiger partial charge in [0.15, 0.2) is 0 Å². The smallest absolute Gasteiger partial charge is 0.349 e. The highest BCUT2D eigenvalue weighted by molar-refractivity contribution is 5.82.